The summed E-state index contributed by atoms with van der Waals surface area (Å²) in [5.74, 6) is -0.138. The second kappa shape index (κ2) is 6.29. The molecule has 2 aromatic carbocycles. The lowest BCUT2D eigenvalue weighted by Crippen LogP contribution is -2.26. The highest BCUT2D eigenvalue weighted by Crippen LogP contribution is 2.37. The predicted molar refractivity (Wildman–Crippen MR) is 103 cm³/mol. The summed E-state index contributed by atoms with van der Waals surface area (Å²) in [7, 11) is 0. The van der Waals surface area contributed by atoms with Gasteiger partial charge < -0.3 is 15.2 Å². The Bertz CT molecular complexity index is 1150. The molecule has 0 atom stereocenters. The lowest BCUT2D eigenvalue weighted by Gasteiger charge is -2.14. The summed E-state index contributed by atoms with van der Waals surface area (Å²) < 4.78 is 5.28. The van der Waals surface area contributed by atoms with Crippen LogP contribution in [0, 0.1) is 18.3 Å². The molecule has 134 valence electrons. The molecule has 4 rings (SSSR count). The molecule has 27 heavy (non-hydrogen) atoms. The first kappa shape index (κ1) is 16.9. The monoisotopic (exact) mass is 358 g/mol. The van der Waals surface area contributed by atoms with Crippen LogP contribution in [0.5, 0.6) is 0 Å². The van der Waals surface area contributed by atoms with E-state index >= 15 is 0 Å². The Morgan fingerprint density at radius 2 is 2.22 bits per heavy atom. The van der Waals surface area contributed by atoms with Gasteiger partial charge in [-0.1, -0.05) is 23.4 Å². The van der Waals surface area contributed by atoms with Gasteiger partial charge in [0.2, 0.25) is 0 Å². The molecule has 0 unspecified atom stereocenters. The number of fused-ring (bicyclic) bond motifs is 2. The maximum absolute atomic E-state index is 12.9. The second-order valence-electron chi connectivity index (χ2n) is 6.62. The first-order valence-electron chi connectivity index (χ1n) is 8.65. The van der Waals surface area contributed by atoms with E-state index in [0.29, 0.717) is 23.4 Å². The zero-order chi connectivity index (χ0) is 19.1. The number of allylic oxidation sites excluding steroid dienone is 1. The van der Waals surface area contributed by atoms with E-state index in [9.17, 15) is 10.1 Å². The first-order chi connectivity index (χ1) is 13.0. The minimum absolute atomic E-state index is 0.138. The van der Waals surface area contributed by atoms with E-state index in [1.807, 2.05) is 31.2 Å². The van der Waals surface area contributed by atoms with Crippen molar-refractivity contribution in [1.82, 2.24) is 10.1 Å². The summed E-state index contributed by atoms with van der Waals surface area (Å²) in [6.07, 6.45) is 1.73. The Hall–Kier alpha value is -3.59. The number of anilines is 1. The largest absolute Gasteiger partial charge is 0.398 e. The molecule has 0 radical (unpaired) electrons. The van der Waals surface area contributed by atoms with Crippen molar-refractivity contribution in [2.75, 3.05) is 12.3 Å². The molecule has 1 aromatic heterocycles. The van der Waals surface area contributed by atoms with Crippen molar-refractivity contribution in [1.29, 1.82) is 5.26 Å². The standard InChI is InChI=1S/C21H18N4O2/c1-3-13(9-22)10-25-11-17-15(5-6-18(23)20(17)21(25)26)14-4-7-19-16(8-14)12(2)24-27-19/h3-8H,10-11,23H2,1-2H3/b13-3+. The molecule has 6 heteroatoms. The first-order valence-corrected chi connectivity index (χ1v) is 8.65. The van der Waals surface area contributed by atoms with Crippen molar-refractivity contribution < 1.29 is 9.32 Å². The maximum atomic E-state index is 12.9. The molecule has 0 saturated heterocycles. The average Bonchev–Trinajstić information content (AvgIpc) is 3.21. The summed E-state index contributed by atoms with van der Waals surface area (Å²) in [5.41, 5.74) is 12.0. The minimum Gasteiger partial charge on any atom is -0.398 e. The molecule has 1 amide bonds. The van der Waals surface area contributed by atoms with E-state index in [1.165, 1.54) is 0 Å². The highest BCUT2D eigenvalue weighted by Gasteiger charge is 2.32. The van der Waals surface area contributed by atoms with Gasteiger partial charge in [-0.15, -0.1) is 0 Å². The van der Waals surface area contributed by atoms with Crippen LogP contribution >= 0.6 is 0 Å². The number of rotatable bonds is 3. The summed E-state index contributed by atoms with van der Waals surface area (Å²) in [6.45, 7) is 4.40. The Balaban J connectivity index is 1.81. The normalized spacial score (nSPS) is 13.9. The average molecular weight is 358 g/mol. The Labute approximate surface area is 156 Å². The Kier molecular flexibility index (Phi) is 3.93. The summed E-state index contributed by atoms with van der Waals surface area (Å²) in [4.78, 5) is 14.5. The quantitative estimate of drug-likeness (QED) is 0.567. The zero-order valence-electron chi connectivity index (χ0n) is 15.1. The molecule has 6 nitrogen and oxygen atoms in total. The number of benzene rings is 2. The number of aromatic nitrogens is 1. The molecule has 0 saturated carbocycles. The Morgan fingerprint density at radius 1 is 1.41 bits per heavy atom. The number of aryl methyl sites for hydroxylation is 1. The molecule has 0 fully saturated rings. The van der Waals surface area contributed by atoms with Crippen LogP contribution in [0.4, 0.5) is 5.69 Å². The highest BCUT2D eigenvalue weighted by atomic mass is 16.5. The number of nitrogens with two attached hydrogens (primary N) is 1. The highest BCUT2D eigenvalue weighted by molar-refractivity contribution is 6.05. The fourth-order valence-electron chi connectivity index (χ4n) is 3.53. The minimum atomic E-state index is -0.138. The number of amides is 1. The predicted octanol–water partition coefficient (Wildman–Crippen LogP) is 3.81. The van der Waals surface area contributed by atoms with E-state index in [1.54, 1.807) is 24.0 Å². The molecule has 0 bridgehead atoms. The fourth-order valence-corrected chi connectivity index (χ4v) is 3.53. The smallest absolute Gasteiger partial charge is 0.256 e. The molecule has 1 aliphatic heterocycles. The third-order valence-electron chi connectivity index (χ3n) is 5.01. The van der Waals surface area contributed by atoms with Gasteiger partial charge in [0.25, 0.3) is 5.91 Å². The summed E-state index contributed by atoms with van der Waals surface area (Å²) in [6, 6.07) is 11.7. The second-order valence-corrected chi connectivity index (χ2v) is 6.62. The topological polar surface area (TPSA) is 96.2 Å². The molecule has 1 aliphatic rings. The molecule has 2 N–H and O–H groups in total. The Morgan fingerprint density at radius 3 is 2.96 bits per heavy atom. The molecule has 2 heterocycles. The number of carbonyl (C=O) groups is 1. The zero-order valence-corrected chi connectivity index (χ0v) is 15.1. The fraction of sp³-hybridized carbons (Fsp3) is 0.190. The van der Waals surface area contributed by atoms with E-state index < -0.39 is 0 Å². The van der Waals surface area contributed by atoms with Gasteiger partial charge in [-0.05, 0) is 48.7 Å². The van der Waals surface area contributed by atoms with Crippen molar-refractivity contribution in [3.05, 3.63) is 58.8 Å². The van der Waals surface area contributed by atoms with Gasteiger partial charge in [0.05, 0.1) is 23.9 Å². The van der Waals surface area contributed by atoms with Crippen LogP contribution in [-0.4, -0.2) is 22.5 Å². The van der Waals surface area contributed by atoms with Crippen molar-refractivity contribution >= 4 is 22.6 Å². The molecular weight excluding hydrogens is 340 g/mol. The van der Waals surface area contributed by atoms with E-state index in [0.717, 1.165) is 33.4 Å². The lowest BCUT2D eigenvalue weighted by atomic mass is 9.95. The molecule has 0 spiro atoms. The number of hydrogen-bond donors (Lipinski definition) is 1. The maximum Gasteiger partial charge on any atom is 0.256 e. The van der Waals surface area contributed by atoms with E-state index in [4.69, 9.17) is 10.3 Å². The van der Waals surface area contributed by atoms with Crippen LogP contribution in [0.1, 0.15) is 28.5 Å². The van der Waals surface area contributed by atoms with Crippen molar-refractivity contribution in [3.63, 3.8) is 0 Å². The number of carbonyl (C=O) groups excluding carboxylic acids is 1. The van der Waals surface area contributed by atoms with Crippen LogP contribution in [-0.2, 0) is 6.54 Å². The third-order valence-corrected chi connectivity index (χ3v) is 5.01. The van der Waals surface area contributed by atoms with Crippen LogP contribution in [0.3, 0.4) is 0 Å². The number of nitrogen functional groups attached to an aromatic ring is 1. The number of nitriles is 1. The van der Waals surface area contributed by atoms with Gasteiger partial charge in [0, 0.05) is 23.2 Å². The lowest BCUT2D eigenvalue weighted by molar-refractivity contribution is 0.0794. The van der Waals surface area contributed by atoms with Gasteiger partial charge in [0.1, 0.15) is 0 Å². The molecular formula is C21H18N4O2. The van der Waals surface area contributed by atoms with E-state index in [-0.39, 0.29) is 12.5 Å². The van der Waals surface area contributed by atoms with Crippen LogP contribution < -0.4 is 5.73 Å². The van der Waals surface area contributed by atoms with Crippen molar-refractivity contribution in [2.24, 2.45) is 0 Å². The van der Waals surface area contributed by atoms with Crippen LogP contribution in [0.25, 0.3) is 22.1 Å². The van der Waals surface area contributed by atoms with Gasteiger partial charge in [0.15, 0.2) is 5.58 Å². The molecule has 3 aromatic rings. The van der Waals surface area contributed by atoms with E-state index in [2.05, 4.69) is 11.2 Å². The van der Waals surface area contributed by atoms with Gasteiger partial charge in [-0.3, -0.25) is 4.79 Å². The summed E-state index contributed by atoms with van der Waals surface area (Å²) >= 11 is 0. The summed E-state index contributed by atoms with van der Waals surface area (Å²) in [5, 5.41) is 14.1. The third kappa shape index (κ3) is 2.64. The van der Waals surface area contributed by atoms with Crippen LogP contribution in [0.2, 0.25) is 0 Å². The SMILES string of the molecule is C/C=C(\C#N)CN1Cc2c(-c3ccc4onc(C)c4c3)ccc(N)c2C1=O. The molecule has 0 aliphatic carbocycles. The number of nitrogens with zero attached hydrogens (tertiary/aromatic N) is 3. The van der Waals surface area contributed by atoms with Crippen molar-refractivity contribution in [3.8, 4) is 17.2 Å². The van der Waals surface area contributed by atoms with Crippen LogP contribution in [0.15, 0.2) is 46.5 Å². The van der Waals surface area contributed by atoms with Crippen molar-refractivity contribution in [2.45, 2.75) is 20.4 Å². The van der Waals surface area contributed by atoms with Gasteiger partial charge in [-0.25, -0.2) is 0 Å². The number of hydrogen-bond acceptors (Lipinski definition) is 5. The van der Waals surface area contributed by atoms with Gasteiger partial charge in [-0.2, -0.15) is 5.26 Å². The van der Waals surface area contributed by atoms with Gasteiger partial charge >= 0.3 is 0 Å².